The summed E-state index contributed by atoms with van der Waals surface area (Å²) < 4.78 is 12.5. The zero-order chi connectivity index (χ0) is 29.6. The molecule has 9 nitrogen and oxygen atoms in total. The third-order valence-corrected chi connectivity index (χ3v) is 7.43. The van der Waals surface area contributed by atoms with Gasteiger partial charge in [-0.1, -0.05) is 48.0 Å². The first-order valence-corrected chi connectivity index (χ1v) is 13.7. The topological polar surface area (TPSA) is 145 Å². The van der Waals surface area contributed by atoms with Crippen LogP contribution in [0.3, 0.4) is 0 Å². The molecule has 1 aliphatic carbocycles. The number of nitrogens with zero attached hydrogens (tertiary/aromatic N) is 2. The van der Waals surface area contributed by atoms with Crippen molar-refractivity contribution in [2.24, 2.45) is 0 Å². The van der Waals surface area contributed by atoms with Crippen molar-refractivity contribution in [3.8, 4) is 34.4 Å². The van der Waals surface area contributed by atoms with E-state index in [1.807, 2.05) is 30.3 Å². The minimum atomic E-state index is -1.19. The fraction of sp³-hybridized carbons (Fsp3) is 0.219. The van der Waals surface area contributed by atoms with E-state index in [0.717, 1.165) is 28.7 Å². The molecule has 0 fully saturated rings. The van der Waals surface area contributed by atoms with Crippen LogP contribution >= 0.6 is 11.6 Å². The highest BCUT2D eigenvalue weighted by atomic mass is 35.5. The Labute approximate surface area is 247 Å². The molecule has 0 saturated carbocycles. The molecule has 2 atom stereocenters. The standard InChI is InChI=1S/C32H28ClN3O6/c33-26-11-21(16-36-27(17-37)32(39)40)30(41-18-20-10-19(13-34)14-35-15-20)12-31(26)42-29-9-8-23-22(5-3-6-25(23)29)24-4-1-2-7-28(24)38/h1-7,10-12,14-15,27,29,36-38H,8-9,16-18H2,(H,39,40)/t27-,29-/m0/s1. The molecular weight excluding hydrogens is 558 g/mol. The van der Waals surface area contributed by atoms with E-state index in [1.54, 1.807) is 36.5 Å². The minimum Gasteiger partial charge on any atom is -0.507 e. The first-order chi connectivity index (χ1) is 20.4. The van der Waals surface area contributed by atoms with Gasteiger partial charge in [0.05, 0.1) is 17.2 Å². The van der Waals surface area contributed by atoms with Crippen LogP contribution in [0.15, 0.2) is 73.1 Å². The normalized spacial score (nSPS) is 14.5. The van der Waals surface area contributed by atoms with E-state index in [9.17, 15) is 25.4 Å². The first kappa shape index (κ1) is 28.9. The van der Waals surface area contributed by atoms with Crippen LogP contribution in [-0.2, 0) is 24.4 Å². The number of aliphatic hydroxyl groups excluding tert-OH is 1. The second kappa shape index (κ2) is 12.9. The molecule has 42 heavy (non-hydrogen) atoms. The van der Waals surface area contributed by atoms with Crippen LogP contribution in [-0.4, -0.2) is 38.9 Å². The Morgan fingerprint density at radius 3 is 2.69 bits per heavy atom. The van der Waals surface area contributed by atoms with E-state index in [1.165, 1.54) is 6.20 Å². The zero-order valence-corrected chi connectivity index (χ0v) is 23.2. The maximum atomic E-state index is 11.4. The van der Waals surface area contributed by atoms with Crippen molar-refractivity contribution >= 4 is 17.6 Å². The number of aliphatic carboxylic acids is 1. The molecule has 0 radical (unpaired) electrons. The van der Waals surface area contributed by atoms with E-state index in [2.05, 4.69) is 16.4 Å². The van der Waals surface area contributed by atoms with Crippen LogP contribution in [0.1, 0.15) is 40.3 Å². The Morgan fingerprint density at radius 2 is 1.93 bits per heavy atom. The van der Waals surface area contributed by atoms with Crippen LogP contribution in [0.4, 0.5) is 0 Å². The summed E-state index contributed by atoms with van der Waals surface area (Å²) in [5, 5.41) is 41.5. The number of carbonyl (C=O) groups is 1. The Balaban J connectivity index is 1.43. The predicted molar refractivity (Wildman–Crippen MR) is 155 cm³/mol. The highest BCUT2D eigenvalue weighted by molar-refractivity contribution is 6.32. The molecule has 5 rings (SSSR count). The summed E-state index contributed by atoms with van der Waals surface area (Å²) >= 11 is 6.67. The molecule has 1 aliphatic rings. The number of nitrogens with one attached hydrogen (secondary N) is 1. The van der Waals surface area contributed by atoms with Crippen LogP contribution in [0.25, 0.3) is 11.1 Å². The summed E-state index contributed by atoms with van der Waals surface area (Å²) in [5.74, 6) is -0.186. The number of carboxylic acid groups (broad SMARTS) is 1. The number of rotatable bonds is 11. The summed E-state index contributed by atoms with van der Waals surface area (Å²) in [7, 11) is 0. The summed E-state index contributed by atoms with van der Waals surface area (Å²) in [4.78, 5) is 15.5. The molecule has 4 aromatic rings. The van der Waals surface area contributed by atoms with Gasteiger partial charge in [0, 0.05) is 41.7 Å². The van der Waals surface area contributed by atoms with Gasteiger partial charge >= 0.3 is 5.97 Å². The first-order valence-electron chi connectivity index (χ1n) is 13.3. The van der Waals surface area contributed by atoms with Crippen molar-refractivity contribution < 1.29 is 29.6 Å². The number of nitriles is 1. The molecule has 1 heterocycles. The smallest absolute Gasteiger partial charge is 0.323 e. The van der Waals surface area contributed by atoms with E-state index >= 15 is 0 Å². The second-order valence-electron chi connectivity index (χ2n) is 9.86. The Hall–Kier alpha value is -4.62. The van der Waals surface area contributed by atoms with Gasteiger partial charge < -0.3 is 24.8 Å². The maximum Gasteiger partial charge on any atom is 0.323 e. The van der Waals surface area contributed by atoms with Crippen LogP contribution in [0.5, 0.6) is 17.2 Å². The van der Waals surface area contributed by atoms with Gasteiger partial charge in [-0.05, 0) is 47.7 Å². The van der Waals surface area contributed by atoms with Gasteiger partial charge in [0.2, 0.25) is 0 Å². The molecule has 0 aliphatic heterocycles. The summed E-state index contributed by atoms with van der Waals surface area (Å²) in [6.45, 7) is -0.439. The summed E-state index contributed by atoms with van der Waals surface area (Å²) in [6.07, 6.45) is 4.23. The molecular formula is C32H28ClN3O6. The lowest BCUT2D eigenvalue weighted by Crippen LogP contribution is -2.39. The van der Waals surface area contributed by atoms with Crippen LogP contribution in [0, 0.1) is 11.3 Å². The quantitative estimate of drug-likeness (QED) is 0.187. The van der Waals surface area contributed by atoms with Crippen molar-refractivity contribution in [3.05, 3.63) is 106 Å². The molecule has 0 spiro atoms. The number of aromatic nitrogens is 1. The number of aromatic hydroxyl groups is 1. The van der Waals surface area contributed by atoms with Gasteiger partial charge in [-0.3, -0.25) is 15.1 Å². The van der Waals surface area contributed by atoms with Crippen molar-refractivity contribution in [1.29, 1.82) is 5.26 Å². The number of pyridine rings is 1. The van der Waals surface area contributed by atoms with Gasteiger partial charge in [0.15, 0.2) is 0 Å². The lowest BCUT2D eigenvalue weighted by atomic mass is 9.96. The average molecular weight is 586 g/mol. The van der Waals surface area contributed by atoms with Gasteiger partial charge in [-0.2, -0.15) is 5.26 Å². The van der Waals surface area contributed by atoms with Crippen LogP contribution in [0.2, 0.25) is 5.02 Å². The third-order valence-electron chi connectivity index (χ3n) is 7.13. The minimum absolute atomic E-state index is 0.0551. The molecule has 4 N–H and O–H groups in total. The lowest BCUT2D eigenvalue weighted by Gasteiger charge is -2.20. The van der Waals surface area contributed by atoms with Crippen LogP contribution < -0.4 is 14.8 Å². The molecule has 1 aromatic heterocycles. The number of halogens is 1. The second-order valence-corrected chi connectivity index (χ2v) is 10.3. The summed E-state index contributed by atoms with van der Waals surface area (Å²) in [5.41, 5.74) is 5.46. The number of carboxylic acids is 1. The number of aliphatic hydroxyl groups is 1. The Morgan fingerprint density at radius 1 is 1.12 bits per heavy atom. The molecule has 10 heteroatoms. The molecule has 3 aromatic carbocycles. The SMILES string of the molecule is N#Cc1cncc(COc2cc(O[C@H]3CCc4c(-c5ccccc5O)cccc43)c(Cl)cc2CN[C@@H](CO)C(=O)O)c1. The third kappa shape index (κ3) is 6.31. The highest BCUT2D eigenvalue weighted by Gasteiger charge is 2.28. The van der Waals surface area contributed by atoms with Gasteiger partial charge in [-0.15, -0.1) is 0 Å². The van der Waals surface area contributed by atoms with Gasteiger partial charge in [0.25, 0.3) is 0 Å². The number of benzene rings is 3. The number of phenolic OH excluding ortho intramolecular Hbond substituents is 1. The average Bonchev–Trinajstić information content (AvgIpc) is 3.41. The van der Waals surface area contributed by atoms with E-state index in [-0.39, 0.29) is 25.0 Å². The van der Waals surface area contributed by atoms with E-state index < -0.39 is 18.6 Å². The monoisotopic (exact) mass is 585 g/mol. The van der Waals surface area contributed by atoms with E-state index in [4.69, 9.17) is 21.1 Å². The highest BCUT2D eigenvalue weighted by Crippen LogP contribution is 2.44. The molecule has 0 unspecified atom stereocenters. The van der Waals surface area contributed by atoms with Crippen molar-refractivity contribution in [1.82, 2.24) is 10.3 Å². The maximum absolute atomic E-state index is 11.4. The fourth-order valence-corrected chi connectivity index (χ4v) is 5.27. The molecule has 0 saturated heterocycles. The summed E-state index contributed by atoms with van der Waals surface area (Å²) in [6, 6.07) is 19.0. The Kier molecular flexibility index (Phi) is 8.88. The fourth-order valence-electron chi connectivity index (χ4n) is 5.04. The van der Waals surface area contributed by atoms with E-state index in [0.29, 0.717) is 39.6 Å². The molecule has 0 bridgehead atoms. The number of ether oxygens (including phenoxy) is 2. The largest absolute Gasteiger partial charge is 0.507 e. The van der Waals surface area contributed by atoms with Gasteiger partial charge in [-0.25, -0.2) is 0 Å². The lowest BCUT2D eigenvalue weighted by molar-refractivity contribution is -0.140. The van der Waals surface area contributed by atoms with Crippen molar-refractivity contribution in [2.75, 3.05) is 6.61 Å². The molecule has 214 valence electrons. The van der Waals surface area contributed by atoms with Crippen molar-refractivity contribution in [2.45, 2.75) is 38.1 Å². The predicted octanol–water partition coefficient (Wildman–Crippen LogP) is 5.16. The number of para-hydroxylation sites is 1. The zero-order valence-electron chi connectivity index (χ0n) is 22.5. The Bertz CT molecular complexity index is 1650. The number of hydrogen-bond donors (Lipinski definition) is 4. The van der Waals surface area contributed by atoms with Crippen molar-refractivity contribution in [3.63, 3.8) is 0 Å². The number of hydrogen-bond acceptors (Lipinski definition) is 8. The number of fused-ring (bicyclic) bond motifs is 1. The van der Waals surface area contributed by atoms with Gasteiger partial charge in [0.1, 0.15) is 42.1 Å². The molecule has 0 amide bonds. The number of phenols is 1.